The minimum Gasteiger partial charge on any atom is -0.490 e. The summed E-state index contributed by atoms with van der Waals surface area (Å²) in [5, 5.41) is 0. The molecule has 1 atom stereocenters. The van der Waals surface area contributed by atoms with Crippen molar-refractivity contribution in [1.82, 2.24) is 0 Å². The highest BCUT2D eigenvalue weighted by Gasteiger charge is 2.12. The Balaban J connectivity index is 1.60. The van der Waals surface area contributed by atoms with Crippen LogP contribution in [0.25, 0.3) is 11.1 Å². The van der Waals surface area contributed by atoms with E-state index in [0.29, 0.717) is 35.8 Å². The summed E-state index contributed by atoms with van der Waals surface area (Å²) in [4.78, 5) is 24.6. The van der Waals surface area contributed by atoms with Crippen LogP contribution in [0.15, 0.2) is 85.5 Å². The van der Waals surface area contributed by atoms with E-state index in [9.17, 15) is 9.59 Å². The van der Waals surface area contributed by atoms with Crippen molar-refractivity contribution >= 4 is 11.9 Å². The fourth-order valence-electron chi connectivity index (χ4n) is 3.04. The van der Waals surface area contributed by atoms with E-state index in [0.717, 1.165) is 11.1 Å². The van der Waals surface area contributed by atoms with Gasteiger partial charge in [-0.2, -0.15) is 0 Å². The summed E-state index contributed by atoms with van der Waals surface area (Å²) in [6.45, 7) is 6.12. The highest BCUT2D eigenvalue weighted by molar-refractivity contribution is 5.91. The minimum absolute atomic E-state index is 0.319. The molecule has 0 aliphatic heterocycles. The van der Waals surface area contributed by atoms with Gasteiger partial charge in [0, 0.05) is 7.11 Å². The number of rotatable bonds is 10. The minimum atomic E-state index is -0.455. The second-order valence-corrected chi connectivity index (χ2v) is 7.29. The fraction of sp³-hybridized carbons (Fsp3) is 0.185. The summed E-state index contributed by atoms with van der Waals surface area (Å²) in [6, 6.07) is 21.0. The van der Waals surface area contributed by atoms with E-state index in [-0.39, 0.29) is 6.10 Å². The van der Waals surface area contributed by atoms with E-state index in [2.05, 4.69) is 6.58 Å². The zero-order valence-corrected chi connectivity index (χ0v) is 18.7. The lowest BCUT2D eigenvalue weighted by molar-refractivity contribution is 0.0120. The number of hydrogen-bond acceptors (Lipinski definition) is 6. The molecule has 3 aromatic carbocycles. The van der Waals surface area contributed by atoms with Gasteiger partial charge in [0.05, 0.1) is 17.7 Å². The molecule has 0 saturated heterocycles. The second kappa shape index (κ2) is 11.6. The molecule has 6 nitrogen and oxygen atoms in total. The molecule has 0 spiro atoms. The van der Waals surface area contributed by atoms with Crippen LogP contribution in [0.4, 0.5) is 0 Å². The Morgan fingerprint density at radius 3 is 1.91 bits per heavy atom. The van der Waals surface area contributed by atoms with Crippen molar-refractivity contribution in [1.29, 1.82) is 0 Å². The summed E-state index contributed by atoms with van der Waals surface area (Å²) in [7, 11) is 1.56. The Hall–Kier alpha value is -3.90. The molecule has 0 saturated carbocycles. The molecule has 0 heterocycles. The first-order valence-electron chi connectivity index (χ1n) is 10.5. The lowest BCUT2D eigenvalue weighted by Gasteiger charge is -2.12. The zero-order valence-electron chi connectivity index (χ0n) is 18.7. The zero-order chi connectivity index (χ0) is 23.6. The molecule has 6 heteroatoms. The van der Waals surface area contributed by atoms with Gasteiger partial charge in [0.1, 0.15) is 24.2 Å². The molecule has 3 rings (SSSR count). The average Bonchev–Trinajstić information content (AvgIpc) is 2.83. The number of carbonyl (C=O) groups excluding carboxylic acids is 2. The van der Waals surface area contributed by atoms with Crippen molar-refractivity contribution in [2.45, 2.75) is 13.0 Å². The van der Waals surface area contributed by atoms with Crippen molar-refractivity contribution in [3.8, 4) is 22.6 Å². The van der Waals surface area contributed by atoms with Gasteiger partial charge < -0.3 is 18.9 Å². The largest absolute Gasteiger partial charge is 0.490 e. The maximum absolute atomic E-state index is 12.4. The molecule has 3 aromatic rings. The van der Waals surface area contributed by atoms with Gasteiger partial charge in [-0.3, -0.25) is 0 Å². The summed E-state index contributed by atoms with van der Waals surface area (Å²) in [6.07, 6.45) is 1.33. The molecule has 0 unspecified atom stereocenters. The number of ether oxygens (including phenoxy) is 4. The Labute approximate surface area is 193 Å². The lowest BCUT2D eigenvalue weighted by Crippen LogP contribution is -2.19. The molecule has 0 bridgehead atoms. The van der Waals surface area contributed by atoms with Crippen LogP contribution in [0.2, 0.25) is 0 Å². The molecule has 170 valence electrons. The van der Waals surface area contributed by atoms with Crippen LogP contribution in [0.3, 0.4) is 0 Å². The Bertz CT molecular complexity index is 1070. The van der Waals surface area contributed by atoms with Gasteiger partial charge in [-0.15, -0.1) is 0 Å². The molecule has 0 fully saturated rings. The van der Waals surface area contributed by atoms with Gasteiger partial charge in [-0.1, -0.05) is 36.9 Å². The number of hydrogen-bond donors (Lipinski definition) is 0. The van der Waals surface area contributed by atoms with E-state index in [1.165, 1.54) is 0 Å². The number of benzene rings is 3. The smallest absolute Gasteiger partial charge is 0.343 e. The van der Waals surface area contributed by atoms with Crippen LogP contribution in [0.1, 0.15) is 27.6 Å². The van der Waals surface area contributed by atoms with E-state index in [1.54, 1.807) is 68.6 Å². The second-order valence-electron chi connectivity index (χ2n) is 7.29. The van der Waals surface area contributed by atoms with Gasteiger partial charge in [0.25, 0.3) is 0 Å². The monoisotopic (exact) mass is 446 g/mol. The molecule has 0 amide bonds. The van der Waals surface area contributed by atoms with Crippen LogP contribution in [-0.2, 0) is 9.47 Å². The number of esters is 2. The number of carbonyl (C=O) groups is 2. The van der Waals surface area contributed by atoms with Crippen LogP contribution >= 0.6 is 0 Å². The van der Waals surface area contributed by atoms with Crippen LogP contribution in [-0.4, -0.2) is 38.4 Å². The van der Waals surface area contributed by atoms with E-state index in [4.69, 9.17) is 18.9 Å². The third-order valence-electron chi connectivity index (χ3n) is 4.69. The number of methoxy groups -OCH3 is 1. The van der Waals surface area contributed by atoms with E-state index < -0.39 is 11.9 Å². The fourth-order valence-corrected chi connectivity index (χ4v) is 3.04. The summed E-state index contributed by atoms with van der Waals surface area (Å²) in [5.41, 5.74) is 2.73. The SMILES string of the molecule is C=CCOc1ccc(C(=O)Oc2ccc(-c3ccc(C(=O)O[C@H](C)COC)cc3)cc2)cc1. The van der Waals surface area contributed by atoms with Crippen LogP contribution in [0, 0.1) is 0 Å². The van der Waals surface area contributed by atoms with Crippen LogP contribution < -0.4 is 9.47 Å². The molecule has 0 aromatic heterocycles. The molecule has 0 aliphatic carbocycles. The molecular formula is C27H26O6. The molecule has 0 radical (unpaired) electrons. The van der Waals surface area contributed by atoms with Crippen LogP contribution in [0.5, 0.6) is 11.5 Å². The predicted octanol–water partition coefficient (Wildman–Crippen LogP) is 5.33. The third kappa shape index (κ3) is 6.79. The first-order chi connectivity index (χ1) is 16.0. The van der Waals surface area contributed by atoms with Crippen molar-refractivity contribution in [2.24, 2.45) is 0 Å². The Kier molecular flexibility index (Phi) is 8.38. The molecular weight excluding hydrogens is 420 g/mol. The van der Waals surface area contributed by atoms with Crippen molar-refractivity contribution in [3.05, 3.63) is 96.6 Å². The lowest BCUT2D eigenvalue weighted by atomic mass is 10.0. The van der Waals surface area contributed by atoms with Gasteiger partial charge >= 0.3 is 11.9 Å². The molecule has 0 aliphatic rings. The van der Waals surface area contributed by atoms with Gasteiger partial charge in [0.15, 0.2) is 0 Å². The normalized spacial score (nSPS) is 11.3. The summed E-state index contributed by atoms with van der Waals surface area (Å²) >= 11 is 0. The van der Waals surface area contributed by atoms with Gasteiger partial charge in [-0.05, 0) is 66.6 Å². The van der Waals surface area contributed by atoms with E-state index >= 15 is 0 Å². The standard InChI is InChI=1S/C27H26O6/c1-4-17-31-24-13-11-23(12-14-24)27(29)33-25-15-9-21(10-16-25)20-5-7-22(8-6-20)26(28)32-19(2)18-30-3/h4-16,19H,1,17-18H2,2-3H3/t19-/m1/s1. The third-order valence-corrected chi connectivity index (χ3v) is 4.69. The highest BCUT2D eigenvalue weighted by atomic mass is 16.6. The molecule has 33 heavy (non-hydrogen) atoms. The Morgan fingerprint density at radius 1 is 0.818 bits per heavy atom. The van der Waals surface area contributed by atoms with Crippen molar-refractivity contribution < 1.29 is 28.5 Å². The maximum Gasteiger partial charge on any atom is 0.343 e. The molecule has 0 N–H and O–H groups in total. The maximum atomic E-state index is 12.4. The van der Waals surface area contributed by atoms with Gasteiger partial charge in [0.2, 0.25) is 0 Å². The van der Waals surface area contributed by atoms with E-state index in [1.807, 2.05) is 24.3 Å². The topological polar surface area (TPSA) is 71.1 Å². The van der Waals surface area contributed by atoms with Crippen molar-refractivity contribution in [2.75, 3.05) is 20.3 Å². The quantitative estimate of drug-likeness (QED) is 0.238. The summed E-state index contributed by atoms with van der Waals surface area (Å²) < 4.78 is 21.2. The highest BCUT2D eigenvalue weighted by Crippen LogP contribution is 2.24. The van der Waals surface area contributed by atoms with Crippen molar-refractivity contribution in [3.63, 3.8) is 0 Å². The first kappa shape index (κ1) is 23.8. The summed E-state index contributed by atoms with van der Waals surface area (Å²) in [5.74, 6) is 0.236. The Morgan fingerprint density at radius 2 is 1.33 bits per heavy atom. The average molecular weight is 446 g/mol. The van der Waals surface area contributed by atoms with Gasteiger partial charge in [-0.25, -0.2) is 9.59 Å². The predicted molar refractivity (Wildman–Crippen MR) is 126 cm³/mol. The first-order valence-corrected chi connectivity index (χ1v) is 10.5.